The molecule has 0 aliphatic heterocycles. The minimum absolute atomic E-state index is 0.0249. The number of unbranched alkanes of at least 4 members (excludes halogenated alkanes) is 1. The molecule has 0 bridgehead atoms. The van der Waals surface area contributed by atoms with Crippen LogP contribution in [0.15, 0.2) is 74.1 Å². The second-order valence-electron chi connectivity index (χ2n) is 11.4. The lowest BCUT2D eigenvalue weighted by Crippen LogP contribution is -2.38. The Hall–Kier alpha value is -5.00. The van der Waals surface area contributed by atoms with E-state index in [9.17, 15) is 22.8 Å². The number of halogens is 3. The van der Waals surface area contributed by atoms with E-state index in [1.54, 1.807) is 36.5 Å². The highest BCUT2D eigenvalue weighted by Crippen LogP contribution is 2.38. The van der Waals surface area contributed by atoms with Gasteiger partial charge in [-0.25, -0.2) is 15.0 Å². The van der Waals surface area contributed by atoms with Crippen molar-refractivity contribution in [2.45, 2.75) is 69.5 Å². The van der Waals surface area contributed by atoms with Crippen molar-refractivity contribution in [2.24, 2.45) is 0 Å². The maximum absolute atomic E-state index is 13.1. The number of nitrogens with zero attached hydrogens (tertiary/aromatic N) is 4. The molecule has 0 spiro atoms. The van der Waals surface area contributed by atoms with Crippen LogP contribution in [-0.4, -0.2) is 37.2 Å². The normalized spacial score (nSPS) is 16.6. The van der Waals surface area contributed by atoms with Gasteiger partial charge in [0.2, 0.25) is 5.91 Å². The van der Waals surface area contributed by atoms with E-state index in [4.69, 9.17) is 10.7 Å². The average Bonchev–Trinajstić information content (AvgIpc) is 3.44. The highest BCUT2D eigenvalue weighted by atomic mass is 19.4. The van der Waals surface area contributed by atoms with E-state index < -0.39 is 17.6 Å². The first kappa shape index (κ1) is 32.4. The molecule has 4 N–H and O–H groups in total. The van der Waals surface area contributed by atoms with Gasteiger partial charge in [0.25, 0.3) is 5.91 Å². The van der Waals surface area contributed by atoms with Crippen LogP contribution in [-0.2, 0) is 17.4 Å². The zero-order chi connectivity index (χ0) is 32.8. The van der Waals surface area contributed by atoms with E-state index in [2.05, 4.69) is 33.8 Å². The molecule has 1 fully saturated rings. The van der Waals surface area contributed by atoms with Gasteiger partial charge in [-0.1, -0.05) is 30.7 Å². The quantitative estimate of drug-likeness (QED) is 0.122. The van der Waals surface area contributed by atoms with E-state index in [0.29, 0.717) is 35.4 Å². The van der Waals surface area contributed by atoms with Crippen molar-refractivity contribution in [3.05, 3.63) is 96.7 Å². The molecule has 5 rings (SSSR count). The van der Waals surface area contributed by atoms with E-state index in [0.717, 1.165) is 68.4 Å². The summed E-state index contributed by atoms with van der Waals surface area (Å²) < 4.78 is 41.3. The molecule has 9 nitrogen and oxygen atoms in total. The maximum Gasteiger partial charge on any atom is 0.416 e. The lowest BCUT2D eigenvalue weighted by Gasteiger charge is -2.29. The Bertz CT molecular complexity index is 1750. The van der Waals surface area contributed by atoms with E-state index in [1.165, 1.54) is 0 Å². The fourth-order valence-electron chi connectivity index (χ4n) is 5.90. The number of nitrogens with two attached hydrogens (primary N) is 1. The van der Waals surface area contributed by atoms with Gasteiger partial charge in [0, 0.05) is 54.0 Å². The van der Waals surface area contributed by atoms with Gasteiger partial charge < -0.3 is 16.4 Å². The van der Waals surface area contributed by atoms with Crippen molar-refractivity contribution in [3.63, 3.8) is 0 Å². The van der Waals surface area contributed by atoms with E-state index in [1.807, 2.05) is 10.5 Å². The van der Waals surface area contributed by atoms with Crippen molar-refractivity contribution in [3.8, 4) is 11.3 Å². The van der Waals surface area contributed by atoms with Gasteiger partial charge in [-0.2, -0.15) is 13.2 Å². The maximum atomic E-state index is 13.1. The molecule has 1 unspecified atom stereocenters. The van der Waals surface area contributed by atoms with Crippen LogP contribution >= 0.6 is 0 Å². The third kappa shape index (κ3) is 7.27. The van der Waals surface area contributed by atoms with Crippen LogP contribution in [0.25, 0.3) is 16.8 Å². The molecule has 4 aromatic rings. The molecule has 2 amide bonds. The number of benzene rings is 1. The van der Waals surface area contributed by atoms with Crippen molar-refractivity contribution in [1.82, 2.24) is 24.7 Å². The lowest BCUT2D eigenvalue weighted by molar-refractivity contribution is -0.137. The number of pyridine rings is 1. The summed E-state index contributed by atoms with van der Waals surface area (Å²) in [5.41, 5.74) is 8.54. The largest absolute Gasteiger partial charge is 0.416 e. The van der Waals surface area contributed by atoms with Gasteiger partial charge in [0.05, 0.1) is 5.56 Å². The first-order valence-electron chi connectivity index (χ1n) is 15.2. The number of nitrogens with one attached hydrogen (secondary N) is 2. The fraction of sp³-hybridized carbons (Fsp3) is 0.324. The molecule has 12 heteroatoms. The summed E-state index contributed by atoms with van der Waals surface area (Å²) in [6.45, 7) is 7.61. The Morgan fingerprint density at radius 2 is 1.87 bits per heavy atom. The summed E-state index contributed by atoms with van der Waals surface area (Å²) in [6.07, 6.45) is 7.74. The molecular weight excluding hydrogens is 595 g/mol. The van der Waals surface area contributed by atoms with Gasteiger partial charge in [-0.05, 0) is 56.4 Å². The highest BCUT2D eigenvalue weighted by molar-refractivity contribution is 6.04. The summed E-state index contributed by atoms with van der Waals surface area (Å²) >= 11 is 0. The van der Waals surface area contributed by atoms with Gasteiger partial charge in [-0.15, -0.1) is 13.2 Å². The number of alkyl halides is 3. The van der Waals surface area contributed by atoms with Gasteiger partial charge in [0.15, 0.2) is 0 Å². The summed E-state index contributed by atoms with van der Waals surface area (Å²) in [6, 6.07) is 8.21. The number of hydrogen-bond acceptors (Lipinski definition) is 6. The Balaban J connectivity index is 1.43. The smallest absolute Gasteiger partial charge is 0.382 e. The van der Waals surface area contributed by atoms with Crippen LogP contribution in [0.3, 0.4) is 0 Å². The number of anilines is 2. The summed E-state index contributed by atoms with van der Waals surface area (Å²) in [5, 5.41) is 5.62. The second kappa shape index (κ2) is 14.0. The molecule has 1 aliphatic rings. The van der Waals surface area contributed by atoms with Crippen LogP contribution in [0.2, 0.25) is 0 Å². The fourth-order valence-corrected chi connectivity index (χ4v) is 5.90. The minimum Gasteiger partial charge on any atom is -0.382 e. The topological polar surface area (TPSA) is 127 Å². The lowest BCUT2D eigenvalue weighted by atomic mass is 9.85. The Kier molecular flexibility index (Phi) is 9.84. The first-order valence-corrected chi connectivity index (χ1v) is 15.2. The number of imidazole rings is 1. The third-order valence-corrected chi connectivity index (χ3v) is 8.11. The molecule has 46 heavy (non-hydrogen) atoms. The van der Waals surface area contributed by atoms with E-state index in [-0.39, 0.29) is 29.2 Å². The average molecular weight is 632 g/mol. The van der Waals surface area contributed by atoms with Crippen molar-refractivity contribution in [1.29, 1.82) is 0 Å². The molecule has 2 atom stereocenters. The SMILES string of the molecule is C=CCCCC(=O)NC1CCC[C@@H](c2nc(-c3ccc(C(=O)Nc4cc(C(F)(F)F)ccn4)cc3)c3c(N)ncc(CC=C)n23)C1. The van der Waals surface area contributed by atoms with Crippen LogP contribution in [0.1, 0.15) is 78.3 Å². The number of hydrogen-bond donors (Lipinski definition) is 3. The second-order valence-corrected chi connectivity index (χ2v) is 11.4. The molecule has 1 aliphatic carbocycles. The predicted octanol–water partition coefficient (Wildman–Crippen LogP) is 6.87. The van der Waals surface area contributed by atoms with Crippen LogP contribution < -0.4 is 16.4 Å². The zero-order valence-electron chi connectivity index (χ0n) is 25.3. The standard InChI is InChI=1S/C34H36F3N7O2/c1-3-5-6-11-28(45)41-25-10-7-9-23(18-25)32-43-29(30-31(38)40-20-26(8-4-2)44(30)32)21-12-14-22(15-13-21)33(46)42-27-19-24(16-17-39-27)34(35,36)37/h3-4,12-17,19-20,23,25H,1-2,5-11,18H2,(H2,38,40)(H,41,45)(H,39,42,46)/t23-,25?/m1/s1. The number of allylic oxidation sites excluding steroid dienone is 2. The number of amides is 2. The Labute approximate surface area is 264 Å². The van der Waals surface area contributed by atoms with Gasteiger partial charge >= 0.3 is 6.18 Å². The number of aromatic nitrogens is 4. The number of fused-ring (bicyclic) bond motifs is 1. The summed E-state index contributed by atoms with van der Waals surface area (Å²) in [4.78, 5) is 38.8. The number of carbonyl (C=O) groups is 2. The molecule has 0 saturated heterocycles. The summed E-state index contributed by atoms with van der Waals surface area (Å²) in [5.74, 6) is 0.378. The number of nitrogen functional groups attached to an aromatic ring is 1. The minimum atomic E-state index is -4.56. The van der Waals surface area contributed by atoms with Crippen molar-refractivity contribution in [2.75, 3.05) is 11.1 Å². The first-order chi connectivity index (χ1) is 22.1. The predicted molar refractivity (Wildman–Crippen MR) is 171 cm³/mol. The van der Waals surface area contributed by atoms with Gasteiger partial charge in [0.1, 0.15) is 28.7 Å². The Morgan fingerprint density at radius 1 is 1.09 bits per heavy atom. The van der Waals surface area contributed by atoms with Crippen LogP contribution in [0, 0.1) is 0 Å². The zero-order valence-corrected chi connectivity index (χ0v) is 25.3. The van der Waals surface area contributed by atoms with Crippen LogP contribution in [0.5, 0.6) is 0 Å². The molecule has 3 heterocycles. The molecule has 1 saturated carbocycles. The number of carbonyl (C=O) groups excluding carboxylic acids is 2. The molecular formula is C34H36F3N7O2. The monoisotopic (exact) mass is 631 g/mol. The Morgan fingerprint density at radius 3 is 2.59 bits per heavy atom. The van der Waals surface area contributed by atoms with Gasteiger partial charge in [-0.3, -0.25) is 14.0 Å². The van der Waals surface area contributed by atoms with E-state index >= 15 is 0 Å². The highest BCUT2D eigenvalue weighted by Gasteiger charge is 2.32. The summed E-state index contributed by atoms with van der Waals surface area (Å²) in [7, 11) is 0. The van der Waals surface area contributed by atoms with Crippen molar-refractivity contribution >= 4 is 29.0 Å². The molecule has 1 aromatic carbocycles. The molecule has 3 aromatic heterocycles. The number of rotatable bonds is 11. The van der Waals surface area contributed by atoms with Crippen LogP contribution in [0.4, 0.5) is 24.8 Å². The third-order valence-electron chi connectivity index (χ3n) is 8.11. The van der Waals surface area contributed by atoms with Crippen molar-refractivity contribution < 1.29 is 22.8 Å². The molecule has 0 radical (unpaired) electrons. The molecule has 240 valence electrons.